The van der Waals surface area contributed by atoms with E-state index in [0.29, 0.717) is 26.2 Å². The fourth-order valence-electron chi connectivity index (χ4n) is 1.59. The van der Waals surface area contributed by atoms with Gasteiger partial charge in [0.2, 0.25) is 0 Å². The molecule has 0 aliphatic carbocycles. The van der Waals surface area contributed by atoms with Crippen molar-refractivity contribution in [3.63, 3.8) is 0 Å². The quantitative estimate of drug-likeness (QED) is 0.660. The zero-order valence-corrected chi connectivity index (χ0v) is 13.4. The number of benzene rings is 2. The number of hydrogen-bond donors (Lipinski definition) is 1. The molecular formula is C13H8Cl3IO. The first-order valence-electron chi connectivity index (χ1n) is 5.07. The van der Waals surface area contributed by atoms with Crippen LogP contribution in [0.5, 0.6) is 0 Å². The third-order valence-electron chi connectivity index (χ3n) is 2.51. The van der Waals surface area contributed by atoms with Crippen molar-refractivity contribution < 1.29 is 5.11 Å². The molecule has 0 saturated heterocycles. The van der Waals surface area contributed by atoms with Gasteiger partial charge in [-0.15, -0.1) is 0 Å². The van der Waals surface area contributed by atoms with Gasteiger partial charge in [-0.2, -0.15) is 0 Å². The highest BCUT2D eigenvalue weighted by Gasteiger charge is 2.15. The van der Waals surface area contributed by atoms with Crippen LogP contribution in [0.4, 0.5) is 0 Å². The summed E-state index contributed by atoms with van der Waals surface area (Å²) in [4.78, 5) is 0. The topological polar surface area (TPSA) is 20.2 Å². The summed E-state index contributed by atoms with van der Waals surface area (Å²) in [7, 11) is 0. The normalized spacial score (nSPS) is 12.5. The van der Waals surface area contributed by atoms with Gasteiger partial charge in [-0.3, -0.25) is 0 Å². The lowest BCUT2D eigenvalue weighted by atomic mass is 10.0. The van der Waals surface area contributed by atoms with Gasteiger partial charge in [0.15, 0.2) is 0 Å². The highest BCUT2D eigenvalue weighted by molar-refractivity contribution is 14.1. The lowest BCUT2D eigenvalue weighted by Gasteiger charge is -2.14. The van der Waals surface area contributed by atoms with Crippen LogP contribution in [-0.4, -0.2) is 5.11 Å². The third kappa shape index (κ3) is 3.11. The molecule has 0 aromatic heterocycles. The summed E-state index contributed by atoms with van der Waals surface area (Å²) in [6.07, 6.45) is -0.842. The Morgan fingerprint density at radius 3 is 2.33 bits per heavy atom. The van der Waals surface area contributed by atoms with Crippen LogP contribution in [0, 0.1) is 3.57 Å². The van der Waals surface area contributed by atoms with Crippen molar-refractivity contribution in [2.45, 2.75) is 6.10 Å². The van der Waals surface area contributed by atoms with E-state index >= 15 is 0 Å². The van der Waals surface area contributed by atoms with E-state index in [1.807, 2.05) is 12.1 Å². The molecular weight excluding hydrogens is 405 g/mol. The second-order valence-corrected chi connectivity index (χ2v) is 6.15. The fourth-order valence-corrected chi connectivity index (χ4v) is 2.51. The molecule has 0 spiro atoms. The predicted molar refractivity (Wildman–Crippen MR) is 84.7 cm³/mol. The number of hydrogen-bond acceptors (Lipinski definition) is 1. The third-order valence-corrected chi connectivity index (χ3v) is 4.66. The Hall–Kier alpha value is -0.000000000000000167. The van der Waals surface area contributed by atoms with Crippen LogP contribution in [0.2, 0.25) is 15.1 Å². The molecule has 0 saturated carbocycles. The van der Waals surface area contributed by atoms with E-state index < -0.39 is 6.10 Å². The second-order valence-electron chi connectivity index (χ2n) is 3.74. The zero-order chi connectivity index (χ0) is 13.3. The molecule has 0 aliphatic rings. The monoisotopic (exact) mass is 412 g/mol. The summed E-state index contributed by atoms with van der Waals surface area (Å²) in [5.41, 5.74) is 1.26. The summed E-state index contributed by atoms with van der Waals surface area (Å²) in [5.74, 6) is 0. The fraction of sp³-hybridized carbons (Fsp3) is 0.0769. The van der Waals surface area contributed by atoms with E-state index in [2.05, 4.69) is 22.6 Å². The largest absolute Gasteiger partial charge is 0.384 e. The average Bonchev–Trinajstić information content (AvgIpc) is 2.35. The van der Waals surface area contributed by atoms with E-state index in [9.17, 15) is 5.11 Å². The average molecular weight is 413 g/mol. The Morgan fingerprint density at radius 1 is 0.944 bits per heavy atom. The molecule has 0 fully saturated rings. The van der Waals surface area contributed by atoms with Crippen LogP contribution in [0.1, 0.15) is 17.2 Å². The van der Waals surface area contributed by atoms with Crippen molar-refractivity contribution in [2.24, 2.45) is 0 Å². The molecule has 0 heterocycles. The van der Waals surface area contributed by atoms with Crippen LogP contribution < -0.4 is 0 Å². The van der Waals surface area contributed by atoms with E-state index in [1.54, 1.807) is 24.3 Å². The summed E-state index contributed by atoms with van der Waals surface area (Å²) < 4.78 is 0.933. The molecule has 1 N–H and O–H groups in total. The van der Waals surface area contributed by atoms with Crippen LogP contribution in [0.25, 0.3) is 0 Å². The molecule has 5 heteroatoms. The Kier molecular flexibility index (Phi) is 4.78. The van der Waals surface area contributed by atoms with E-state index in [4.69, 9.17) is 34.8 Å². The minimum atomic E-state index is -0.842. The van der Waals surface area contributed by atoms with Crippen molar-refractivity contribution in [3.05, 3.63) is 66.2 Å². The van der Waals surface area contributed by atoms with Crippen molar-refractivity contribution in [3.8, 4) is 0 Å². The van der Waals surface area contributed by atoms with E-state index in [-0.39, 0.29) is 0 Å². The van der Waals surface area contributed by atoms with Crippen LogP contribution in [0.3, 0.4) is 0 Å². The van der Waals surface area contributed by atoms with Gasteiger partial charge in [0.1, 0.15) is 6.10 Å². The molecule has 18 heavy (non-hydrogen) atoms. The summed E-state index contributed by atoms with van der Waals surface area (Å²) in [5, 5.41) is 11.9. The molecule has 1 unspecified atom stereocenters. The van der Waals surface area contributed by atoms with Gasteiger partial charge in [-0.05, 0) is 58.5 Å². The summed E-state index contributed by atoms with van der Waals surface area (Å²) in [6.45, 7) is 0. The summed E-state index contributed by atoms with van der Waals surface area (Å²) in [6, 6.07) is 10.4. The van der Waals surface area contributed by atoms with Crippen molar-refractivity contribution in [1.29, 1.82) is 0 Å². The maximum absolute atomic E-state index is 10.3. The standard InChI is InChI=1S/C13H8Cl3IO/c14-8-2-3-10(15)9(6-8)13(18)7-1-4-12(17)11(16)5-7/h1-6,13,18H. The van der Waals surface area contributed by atoms with Crippen molar-refractivity contribution in [1.82, 2.24) is 0 Å². The highest BCUT2D eigenvalue weighted by atomic mass is 127. The number of halogens is 4. The van der Waals surface area contributed by atoms with Gasteiger partial charge in [0, 0.05) is 19.2 Å². The Labute approximate surface area is 134 Å². The van der Waals surface area contributed by atoms with Gasteiger partial charge in [0.25, 0.3) is 0 Å². The molecule has 0 amide bonds. The Morgan fingerprint density at radius 2 is 1.67 bits per heavy atom. The summed E-state index contributed by atoms with van der Waals surface area (Å²) >= 11 is 20.1. The maximum Gasteiger partial charge on any atom is 0.106 e. The lowest BCUT2D eigenvalue weighted by molar-refractivity contribution is 0.220. The molecule has 1 nitrogen and oxygen atoms in total. The minimum Gasteiger partial charge on any atom is -0.384 e. The molecule has 0 radical (unpaired) electrons. The number of rotatable bonds is 2. The minimum absolute atomic E-state index is 0.474. The predicted octanol–water partition coefficient (Wildman–Crippen LogP) is 5.33. The van der Waals surface area contributed by atoms with Crippen LogP contribution in [0.15, 0.2) is 36.4 Å². The maximum atomic E-state index is 10.3. The Bertz CT molecular complexity index is 586. The molecule has 0 aliphatic heterocycles. The molecule has 0 bridgehead atoms. The zero-order valence-electron chi connectivity index (χ0n) is 9.00. The molecule has 2 aromatic carbocycles. The van der Waals surface area contributed by atoms with Gasteiger partial charge < -0.3 is 5.11 Å². The number of aliphatic hydroxyl groups excluding tert-OH is 1. The smallest absolute Gasteiger partial charge is 0.106 e. The Balaban J connectivity index is 2.44. The molecule has 94 valence electrons. The van der Waals surface area contributed by atoms with Gasteiger partial charge >= 0.3 is 0 Å². The molecule has 1 atom stereocenters. The number of aliphatic hydroxyl groups is 1. The SMILES string of the molecule is OC(c1ccc(I)c(Cl)c1)c1cc(Cl)ccc1Cl. The molecule has 2 rings (SSSR count). The van der Waals surface area contributed by atoms with E-state index in [0.717, 1.165) is 3.57 Å². The van der Waals surface area contributed by atoms with Gasteiger partial charge in [0.05, 0.1) is 5.02 Å². The highest BCUT2D eigenvalue weighted by Crippen LogP contribution is 2.32. The first-order valence-corrected chi connectivity index (χ1v) is 7.28. The van der Waals surface area contributed by atoms with Gasteiger partial charge in [-0.25, -0.2) is 0 Å². The lowest BCUT2D eigenvalue weighted by Crippen LogP contribution is -2.01. The van der Waals surface area contributed by atoms with Gasteiger partial charge in [-0.1, -0.05) is 40.9 Å². The first kappa shape index (κ1) is 14.4. The van der Waals surface area contributed by atoms with Crippen LogP contribution in [-0.2, 0) is 0 Å². The first-order chi connectivity index (χ1) is 8.49. The van der Waals surface area contributed by atoms with Crippen LogP contribution >= 0.6 is 57.4 Å². The van der Waals surface area contributed by atoms with Crippen molar-refractivity contribution >= 4 is 57.4 Å². The van der Waals surface area contributed by atoms with Crippen molar-refractivity contribution in [2.75, 3.05) is 0 Å². The molecule has 2 aromatic rings. The second kappa shape index (κ2) is 5.97. The van der Waals surface area contributed by atoms with E-state index in [1.165, 1.54) is 0 Å².